The fourth-order valence-corrected chi connectivity index (χ4v) is 3.32. The fraction of sp³-hybridized carbons (Fsp3) is 0.0625. The number of para-hydroxylation sites is 1. The van der Waals surface area contributed by atoms with Crippen LogP contribution in [0, 0.1) is 11.3 Å². The second-order valence-electron chi connectivity index (χ2n) is 4.83. The number of nitriles is 1. The van der Waals surface area contributed by atoms with E-state index in [2.05, 4.69) is 9.71 Å². The first kappa shape index (κ1) is 14.2. The molecule has 1 aromatic heterocycles. The van der Waals surface area contributed by atoms with E-state index in [1.165, 1.54) is 12.1 Å². The van der Waals surface area contributed by atoms with Crippen LogP contribution in [0.15, 0.2) is 59.6 Å². The minimum Gasteiger partial charge on any atom is -0.359 e. The van der Waals surface area contributed by atoms with Crippen molar-refractivity contribution >= 4 is 26.6 Å². The summed E-state index contributed by atoms with van der Waals surface area (Å²) in [6, 6.07) is 15.6. The van der Waals surface area contributed by atoms with Gasteiger partial charge in [0.05, 0.1) is 28.6 Å². The Morgan fingerprint density at radius 1 is 1.09 bits per heavy atom. The molecule has 5 nitrogen and oxygen atoms in total. The van der Waals surface area contributed by atoms with Crippen molar-refractivity contribution in [2.75, 3.05) is 4.72 Å². The van der Waals surface area contributed by atoms with E-state index in [0.29, 0.717) is 5.69 Å². The summed E-state index contributed by atoms with van der Waals surface area (Å²) in [7, 11) is -3.67. The Morgan fingerprint density at radius 2 is 1.86 bits per heavy atom. The van der Waals surface area contributed by atoms with Gasteiger partial charge < -0.3 is 4.98 Å². The molecule has 0 aliphatic heterocycles. The van der Waals surface area contributed by atoms with Gasteiger partial charge in [-0.1, -0.05) is 24.3 Å². The number of nitrogens with zero attached hydrogens (tertiary/aromatic N) is 1. The molecule has 0 fully saturated rings. The summed E-state index contributed by atoms with van der Waals surface area (Å²) in [6.45, 7) is 0. The van der Waals surface area contributed by atoms with Crippen LogP contribution < -0.4 is 4.72 Å². The smallest absolute Gasteiger partial charge is 0.261 e. The number of fused-ring (bicyclic) bond motifs is 1. The molecule has 1 heterocycles. The van der Waals surface area contributed by atoms with Crippen molar-refractivity contribution in [1.82, 2.24) is 4.98 Å². The summed E-state index contributed by atoms with van der Waals surface area (Å²) < 4.78 is 27.5. The molecular weight excluding hydrogens is 298 g/mol. The predicted octanol–water partition coefficient (Wildman–Crippen LogP) is 3.03. The van der Waals surface area contributed by atoms with E-state index in [4.69, 9.17) is 5.26 Å². The predicted molar refractivity (Wildman–Crippen MR) is 84.9 cm³/mol. The van der Waals surface area contributed by atoms with Gasteiger partial charge in [-0.2, -0.15) is 5.26 Å². The molecule has 3 rings (SSSR count). The van der Waals surface area contributed by atoms with E-state index in [0.717, 1.165) is 16.5 Å². The third kappa shape index (κ3) is 2.67. The van der Waals surface area contributed by atoms with Crippen LogP contribution in [-0.4, -0.2) is 13.4 Å². The Hall–Kier alpha value is -2.78. The van der Waals surface area contributed by atoms with Crippen molar-refractivity contribution in [3.8, 4) is 6.07 Å². The Morgan fingerprint density at radius 3 is 2.59 bits per heavy atom. The molecule has 0 aliphatic rings. The molecule has 0 atom stereocenters. The minimum atomic E-state index is -3.67. The zero-order valence-corrected chi connectivity index (χ0v) is 12.4. The topological polar surface area (TPSA) is 85.8 Å². The average Bonchev–Trinajstić information content (AvgIpc) is 2.97. The molecule has 0 amide bonds. The van der Waals surface area contributed by atoms with Gasteiger partial charge in [-0.25, -0.2) is 8.42 Å². The van der Waals surface area contributed by atoms with Crippen LogP contribution in [0.1, 0.15) is 5.56 Å². The van der Waals surface area contributed by atoms with Gasteiger partial charge in [0.25, 0.3) is 10.0 Å². The van der Waals surface area contributed by atoms with Crippen LogP contribution in [0.5, 0.6) is 0 Å². The lowest BCUT2D eigenvalue weighted by Gasteiger charge is -2.09. The van der Waals surface area contributed by atoms with Crippen molar-refractivity contribution in [2.24, 2.45) is 0 Å². The van der Waals surface area contributed by atoms with Gasteiger partial charge in [0.15, 0.2) is 0 Å². The molecule has 22 heavy (non-hydrogen) atoms. The number of anilines is 1. The van der Waals surface area contributed by atoms with Gasteiger partial charge in [0.1, 0.15) is 0 Å². The third-order valence-electron chi connectivity index (χ3n) is 3.35. The van der Waals surface area contributed by atoms with Crippen molar-refractivity contribution in [1.29, 1.82) is 5.26 Å². The molecule has 0 saturated carbocycles. The molecule has 3 aromatic rings. The summed E-state index contributed by atoms with van der Waals surface area (Å²) in [5.41, 5.74) is 2.03. The largest absolute Gasteiger partial charge is 0.359 e. The van der Waals surface area contributed by atoms with Gasteiger partial charge >= 0.3 is 0 Å². The van der Waals surface area contributed by atoms with Crippen molar-refractivity contribution in [3.63, 3.8) is 0 Å². The first-order chi connectivity index (χ1) is 10.6. The van der Waals surface area contributed by atoms with Crippen LogP contribution in [0.4, 0.5) is 5.69 Å². The third-order valence-corrected chi connectivity index (χ3v) is 4.73. The summed E-state index contributed by atoms with van der Waals surface area (Å²) in [5.74, 6) is 0. The highest BCUT2D eigenvalue weighted by Gasteiger charge is 2.15. The van der Waals surface area contributed by atoms with Crippen molar-refractivity contribution < 1.29 is 8.42 Å². The van der Waals surface area contributed by atoms with E-state index in [1.54, 1.807) is 30.5 Å². The molecule has 6 heteroatoms. The maximum absolute atomic E-state index is 12.4. The summed E-state index contributed by atoms with van der Waals surface area (Å²) in [4.78, 5) is 3.19. The van der Waals surface area contributed by atoms with Gasteiger partial charge in [-0.3, -0.25) is 4.72 Å². The summed E-state index contributed by atoms with van der Waals surface area (Å²) in [5, 5.41) is 9.57. The normalized spacial score (nSPS) is 11.2. The highest BCUT2D eigenvalue weighted by Crippen LogP contribution is 2.24. The lowest BCUT2D eigenvalue weighted by Crippen LogP contribution is -2.13. The first-order valence-electron chi connectivity index (χ1n) is 6.65. The van der Waals surface area contributed by atoms with E-state index in [9.17, 15) is 8.42 Å². The second kappa shape index (κ2) is 5.54. The average molecular weight is 311 g/mol. The second-order valence-corrected chi connectivity index (χ2v) is 6.51. The van der Waals surface area contributed by atoms with Gasteiger partial charge in [-0.05, 0) is 29.8 Å². The highest BCUT2D eigenvalue weighted by molar-refractivity contribution is 7.92. The Labute approximate surface area is 128 Å². The molecule has 0 unspecified atom stereocenters. The Kier molecular flexibility index (Phi) is 3.57. The number of rotatable bonds is 4. The van der Waals surface area contributed by atoms with Crippen LogP contribution >= 0.6 is 0 Å². The van der Waals surface area contributed by atoms with E-state index < -0.39 is 10.0 Å². The lowest BCUT2D eigenvalue weighted by molar-refractivity contribution is 0.601. The van der Waals surface area contributed by atoms with E-state index in [-0.39, 0.29) is 11.3 Å². The van der Waals surface area contributed by atoms with E-state index in [1.807, 2.05) is 18.2 Å². The molecule has 0 bridgehead atoms. The standard InChI is InChI=1S/C16H13N3O2S/c17-10-8-12-4-6-14(7-5-12)22(20,21)19-15-3-1-2-13-9-11-18-16(13)15/h1-7,9,11,18-19H,8H2. The molecule has 2 aromatic carbocycles. The first-order valence-corrected chi connectivity index (χ1v) is 8.13. The Bertz CT molecular complexity index is 951. The Balaban J connectivity index is 1.93. The van der Waals surface area contributed by atoms with Crippen LogP contribution in [-0.2, 0) is 16.4 Å². The molecule has 110 valence electrons. The lowest BCUT2D eigenvalue weighted by atomic mass is 10.2. The van der Waals surface area contributed by atoms with Crippen molar-refractivity contribution in [2.45, 2.75) is 11.3 Å². The number of nitrogens with one attached hydrogen (secondary N) is 2. The molecule has 0 spiro atoms. The molecule has 0 aliphatic carbocycles. The molecule has 0 saturated heterocycles. The number of hydrogen-bond donors (Lipinski definition) is 2. The van der Waals surface area contributed by atoms with E-state index >= 15 is 0 Å². The number of benzene rings is 2. The minimum absolute atomic E-state index is 0.165. The van der Waals surface area contributed by atoms with Gasteiger partial charge in [-0.15, -0.1) is 0 Å². The number of aromatic amines is 1. The number of aromatic nitrogens is 1. The maximum atomic E-state index is 12.4. The van der Waals surface area contributed by atoms with Crippen molar-refractivity contribution in [3.05, 3.63) is 60.3 Å². The number of sulfonamides is 1. The van der Waals surface area contributed by atoms with Crippen LogP contribution in [0.3, 0.4) is 0 Å². The van der Waals surface area contributed by atoms with Crippen LogP contribution in [0.2, 0.25) is 0 Å². The zero-order valence-electron chi connectivity index (χ0n) is 11.6. The quantitative estimate of drug-likeness (QED) is 0.776. The number of H-pyrrole nitrogens is 1. The van der Waals surface area contributed by atoms with Gasteiger partial charge in [0, 0.05) is 11.6 Å². The van der Waals surface area contributed by atoms with Gasteiger partial charge in [0.2, 0.25) is 0 Å². The SMILES string of the molecule is N#CCc1ccc(S(=O)(=O)Nc2cccc3cc[nH]c23)cc1. The monoisotopic (exact) mass is 311 g/mol. The fourth-order valence-electron chi connectivity index (χ4n) is 2.25. The maximum Gasteiger partial charge on any atom is 0.261 e. The molecule has 0 radical (unpaired) electrons. The highest BCUT2D eigenvalue weighted by atomic mass is 32.2. The molecule has 2 N–H and O–H groups in total. The summed E-state index contributed by atoms with van der Waals surface area (Å²) >= 11 is 0. The van der Waals surface area contributed by atoms with Crippen LogP contribution in [0.25, 0.3) is 10.9 Å². The number of hydrogen-bond acceptors (Lipinski definition) is 3. The molecular formula is C16H13N3O2S. The zero-order chi connectivity index (χ0) is 15.6. The summed E-state index contributed by atoms with van der Waals surface area (Å²) in [6.07, 6.45) is 2.02.